The van der Waals surface area contributed by atoms with Crippen molar-refractivity contribution in [3.05, 3.63) is 63.3 Å². The highest BCUT2D eigenvalue weighted by Crippen LogP contribution is 2.23. The second-order valence-corrected chi connectivity index (χ2v) is 8.14. The van der Waals surface area contributed by atoms with E-state index >= 15 is 0 Å². The number of hydrogen-bond acceptors (Lipinski definition) is 4. The fourth-order valence-corrected chi connectivity index (χ4v) is 4.25. The van der Waals surface area contributed by atoms with Crippen LogP contribution in [-0.4, -0.2) is 47.6 Å². The largest absolute Gasteiger partial charge is 0.381 e. The lowest BCUT2D eigenvalue weighted by molar-refractivity contribution is -0.129. The summed E-state index contributed by atoms with van der Waals surface area (Å²) in [6.07, 6.45) is 4.02. The third-order valence-electron chi connectivity index (χ3n) is 5.98. The van der Waals surface area contributed by atoms with Gasteiger partial charge in [-0.05, 0) is 60.6 Å². The van der Waals surface area contributed by atoms with Crippen LogP contribution in [0.5, 0.6) is 0 Å². The monoisotopic (exact) mass is 427 g/mol. The number of pyridine rings is 1. The summed E-state index contributed by atoms with van der Waals surface area (Å²) < 4.78 is 20.2. The molecule has 3 heterocycles. The van der Waals surface area contributed by atoms with Gasteiger partial charge in [-0.3, -0.25) is 19.0 Å². The van der Waals surface area contributed by atoms with Gasteiger partial charge >= 0.3 is 0 Å². The van der Waals surface area contributed by atoms with Crippen LogP contribution in [-0.2, 0) is 22.5 Å². The van der Waals surface area contributed by atoms with E-state index in [0.29, 0.717) is 43.9 Å². The number of carbonyl (C=O) groups excluding carboxylic acids is 2. The Morgan fingerprint density at radius 3 is 2.71 bits per heavy atom. The Balaban J connectivity index is 1.71. The minimum absolute atomic E-state index is 0.0616. The number of aromatic nitrogens is 1. The molecule has 2 aliphatic heterocycles. The number of nitrogens with one attached hydrogen (secondary N) is 1. The van der Waals surface area contributed by atoms with Crippen LogP contribution in [0.4, 0.5) is 4.39 Å². The molecule has 0 spiro atoms. The molecular weight excluding hydrogens is 401 g/mol. The van der Waals surface area contributed by atoms with E-state index in [9.17, 15) is 18.8 Å². The maximum Gasteiger partial charge on any atom is 0.268 e. The first-order valence-corrected chi connectivity index (χ1v) is 10.6. The average Bonchev–Trinajstić information content (AvgIpc) is 2.78. The molecule has 2 aromatic rings. The normalized spacial score (nSPS) is 18.4. The molecule has 0 saturated carbocycles. The number of halogens is 1. The molecule has 1 unspecified atom stereocenters. The predicted molar refractivity (Wildman–Crippen MR) is 113 cm³/mol. The summed E-state index contributed by atoms with van der Waals surface area (Å²) >= 11 is 0. The summed E-state index contributed by atoms with van der Waals surface area (Å²) in [6, 6.07) is 5.53. The summed E-state index contributed by atoms with van der Waals surface area (Å²) in [5, 5.41) is 2.91. The second kappa shape index (κ2) is 9.01. The van der Waals surface area contributed by atoms with Crippen molar-refractivity contribution >= 4 is 11.8 Å². The van der Waals surface area contributed by atoms with E-state index in [-0.39, 0.29) is 17.4 Å². The van der Waals surface area contributed by atoms with Crippen LogP contribution < -0.4 is 10.9 Å². The van der Waals surface area contributed by atoms with Gasteiger partial charge in [0.1, 0.15) is 11.4 Å². The first-order chi connectivity index (χ1) is 14.9. The molecule has 0 radical (unpaired) electrons. The van der Waals surface area contributed by atoms with Crippen LogP contribution >= 0.6 is 0 Å². The number of amides is 2. The Morgan fingerprint density at radius 1 is 1.26 bits per heavy atom. The van der Waals surface area contributed by atoms with Crippen LogP contribution in [0.15, 0.2) is 35.3 Å². The molecular formula is C23H26FN3O4. The first-order valence-electron chi connectivity index (χ1n) is 10.6. The third kappa shape index (κ3) is 4.54. The van der Waals surface area contributed by atoms with E-state index in [2.05, 4.69) is 5.32 Å². The number of fused-ring (bicyclic) bond motifs is 1. The minimum Gasteiger partial charge on any atom is -0.381 e. The smallest absolute Gasteiger partial charge is 0.268 e. The van der Waals surface area contributed by atoms with Crippen molar-refractivity contribution in [2.24, 2.45) is 5.92 Å². The van der Waals surface area contributed by atoms with Crippen molar-refractivity contribution in [3.8, 4) is 5.69 Å². The highest BCUT2D eigenvalue weighted by atomic mass is 19.1. The highest BCUT2D eigenvalue weighted by Gasteiger charge is 2.28. The molecule has 4 rings (SSSR count). The van der Waals surface area contributed by atoms with Crippen molar-refractivity contribution in [1.82, 2.24) is 14.8 Å². The maximum absolute atomic E-state index is 13.4. The molecule has 1 atom stereocenters. The number of carbonyl (C=O) groups is 2. The lowest BCUT2D eigenvalue weighted by Crippen LogP contribution is -2.41. The zero-order valence-corrected chi connectivity index (χ0v) is 17.5. The van der Waals surface area contributed by atoms with Gasteiger partial charge in [-0.1, -0.05) is 0 Å². The minimum atomic E-state index is -0.445. The Labute approximate surface area is 179 Å². The van der Waals surface area contributed by atoms with Gasteiger partial charge in [0.05, 0.1) is 6.61 Å². The summed E-state index contributed by atoms with van der Waals surface area (Å²) in [5.74, 6) is -0.664. The fourth-order valence-electron chi connectivity index (χ4n) is 4.25. The molecule has 1 saturated heterocycles. The number of nitrogens with zero attached hydrogens (tertiary/aromatic N) is 2. The van der Waals surface area contributed by atoms with Crippen molar-refractivity contribution in [2.75, 3.05) is 26.3 Å². The van der Waals surface area contributed by atoms with Crippen molar-refractivity contribution in [3.63, 3.8) is 0 Å². The number of hydrogen-bond donors (Lipinski definition) is 1. The molecule has 1 aromatic heterocycles. The molecule has 2 aliphatic rings. The predicted octanol–water partition coefficient (Wildman–Crippen LogP) is 2.04. The first kappa shape index (κ1) is 21.2. The van der Waals surface area contributed by atoms with E-state index in [1.54, 1.807) is 11.1 Å². The SMILES string of the molecule is CC(=O)N1CCc2c(cn(-c3ccc(F)cc3)c(=O)c2C(=O)NCC2CCCOC2)C1. The van der Waals surface area contributed by atoms with E-state index < -0.39 is 17.3 Å². The highest BCUT2D eigenvalue weighted by molar-refractivity contribution is 5.96. The zero-order valence-electron chi connectivity index (χ0n) is 17.5. The summed E-state index contributed by atoms with van der Waals surface area (Å²) in [4.78, 5) is 40.0. The van der Waals surface area contributed by atoms with Crippen LogP contribution in [0.3, 0.4) is 0 Å². The second-order valence-electron chi connectivity index (χ2n) is 8.14. The molecule has 1 N–H and O–H groups in total. The topological polar surface area (TPSA) is 80.6 Å². The van der Waals surface area contributed by atoms with E-state index in [4.69, 9.17) is 4.74 Å². The third-order valence-corrected chi connectivity index (χ3v) is 5.98. The van der Waals surface area contributed by atoms with Gasteiger partial charge in [0.2, 0.25) is 5.91 Å². The molecule has 2 amide bonds. The van der Waals surface area contributed by atoms with Gasteiger partial charge in [0.25, 0.3) is 11.5 Å². The van der Waals surface area contributed by atoms with Gasteiger partial charge < -0.3 is 15.0 Å². The number of ether oxygens (including phenoxy) is 1. The van der Waals surface area contributed by atoms with Gasteiger partial charge in [-0.15, -0.1) is 0 Å². The average molecular weight is 427 g/mol. The van der Waals surface area contributed by atoms with Gasteiger partial charge in [0, 0.05) is 45.0 Å². The molecule has 1 fully saturated rings. The van der Waals surface area contributed by atoms with Crippen LogP contribution in [0.2, 0.25) is 0 Å². The van der Waals surface area contributed by atoms with Gasteiger partial charge in [-0.25, -0.2) is 4.39 Å². The van der Waals surface area contributed by atoms with Crippen molar-refractivity contribution < 1.29 is 18.7 Å². The number of rotatable bonds is 4. The van der Waals surface area contributed by atoms with E-state index in [1.165, 1.54) is 35.8 Å². The molecule has 0 aliphatic carbocycles. The van der Waals surface area contributed by atoms with E-state index in [1.807, 2.05) is 0 Å². The molecule has 0 bridgehead atoms. The fraction of sp³-hybridized carbons (Fsp3) is 0.435. The van der Waals surface area contributed by atoms with Crippen LogP contribution in [0.1, 0.15) is 41.3 Å². The Hall–Kier alpha value is -3.00. The Bertz CT molecular complexity index is 1040. The molecule has 31 heavy (non-hydrogen) atoms. The molecule has 7 nitrogen and oxygen atoms in total. The lowest BCUT2D eigenvalue weighted by atomic mass is 9.95. The summed E-state index contributed by atoms with van der Waals surface area (Å²) in [5.41, 5.74) is 1.54. The quantitative estimate of drug-likeness (QED) is 0.810. The van der Waals surface area contributed by atoms with Gasteiger partial charge in [0.15, 0.2) is 0 Å². The summed E-state index contributed by atoms with van der Waals surface area (Å²) in [6.45, 7) is 4.06. The van der Waals surface area contributed by atoms with Gasteiger partial charge in [-0.2, -0.15) is 0 Å². The Kier molecular flexibility index (Phi) is 6.18. The lowest BCUT2D eigenvalue weighted by Gasteiger charge is -2.30. The molecule has 164 valence electrons. The molecule has 1 aromatic carbocycles. The number of benzene rings is 1. The zero-order chi connectivity index (χ0) is 22.0. The van der Waals surface area contributed by atoms with Crippen molar-refractivity contribution in [1.29, 1.82) is 0 Å². The van der Waals surface area contributed by atoms with Crippen molar-refractivity contribution in [2.45, 2.75) is 32.7 Å². The van der Waals surface area contributed by atoms with Crippen LogP contribution in [0.25, 0.3) is 5.69 Å². The molecule has 8 heteroatoms. The summed E-state index contributed by atoms with van der Waals surface area (Å²) in [7, 11) is 0. The van der Waals surface area contributed by atoms with E-state index in [0.717, 1.165) is 25.0 Å². The van der Waals surface area contributed by atoms with Crippen LogP contribution in [0, 0.1) is 11.7 Å². The standard InChI is InChI=1S/C23H26FN3O4/c1-15(28)26-9-8-20-17(12-26)13-27(19-6-4-18(24)5-7-19)23(30)21(20)22(29)25-11-16-3-2-10-31-14-16/h4-7,13,16H,2-3,8-12,14H2,1H3,(H,25,29). The maximum atomic E-state index is 13.4. The Morgan fingerprint density at radius 2 is 2.03 bits per heavy atom.